The van der Waals surface area contributed by atoms with E-state index in [2.05, 4.69) is 41.8 Å². The normalized spacial score (nSPS) is 9.82. The quantitative estimate of drug-likeness (QED) is 0.789. The van der Waals surface area contributed by atoms with Crippen LogP contribution in [0.2, 0.25) is 0 Å². The molecular formula is C6H7Br2N3. The summed E-state index contributed by atoms with van der Waals surface area (Å²) >= 11 is 6.54. The second-order valence-electron chi connectivity index (χ2n) is 2.20. The predicted molar refractivity (Wildman–Crippen MR) is 51.8 cm³/mol. The van der Waals surface area contributed by atoms with E-state index in [1.54, 1.807) is 6.20 Å². The van der Waals surface area contributed by atoms with Crippen molar-refractivity contribution in [3.05, 3.63) is 15.4 Å². The second kappa shape index (κ2) is 3.49. The molecule has 0 saturated carbocycles. The van der Waals surface area contributed by atoms with Gasteiger partial charge in [0.1, 0.15) is 9.21 Å². The average Bonchev–Trinajstić information content (AvgIpc) is 1.94. The van der Waals surface area contributed by atoms with Crippen molar-refractivity contribution < 1.29 is 0 Å². The molecule has 3 nitrogen and oxygen atoms in total. The summed E-state index contributed by atoms with van der Waals surface area (Å²) in [5.74, 6) is 0.819. The third-order valence-electron chi connectivity index (χ3n) is 1.11. The lowest BCUT2D eigenvalue weighted by molar-refractivity contribution is 1.01. The molecule has 1 rings (SSSR count). The van der Waals surface area contributed by atoms with E-state index in [-0.39, 0.29) is 0 Å². The van der Waals surface area contributed by atoms with E-state index >= 15 is 0 Å². The number of aromatic nitrogens is 2. The van der Waals surface area contributed by atoms with E-state index < -0.39 is 0 Å². The Morgan fingerprint density at radius 3 is 2.45 bits per heavy atom. The molecule has 0 N–H and O–H groups in total. The highest BCUT2D eigenvalue weighted by Gasteiger charge is 2.04. The zero-order valence-corrected chi connectivity index (χ0v) is 9.35. The average molecular weight is 281 g/mol. The van der Waals surface area contributed by atoms with Gasteiger partial charge in [-0.05, 0) is 31.9 Å². The number of nitrogens with zero attached hydrogens (tertiary/aromatic N) is 3. The molecule has 0 aliphatic rings. The van der Waals surface area contributed by atoms with E-state index in [4.69, 9.17) is 0 Å². The molecule has 1 aromatic rings. The highest BCUT2D eigenvalue weighted by molar-refractivity contribution is 9.11. The molecule has 0 atom stereocenters. The maximum absolute atomic E-state index is 4.21. The van der Waals surface area contributed by atoms with Crippen LogP contribution in [-0.2, 0) is 0 Å². The van der Waals surface area contributed by atoms with Crippen molar-refractivity contribution >= 4 is 37.7 Å². The smallest absolute Gasteiger partial charge is 0.162 e. The van der Waals surface area contributed by atoms with Gasteiger partial charge in [-0.1, -0.05) is 0 Å². The van der Waals surface area contributed by atoms with Crippen LogP contribution >= 0.6 is 31.9 Å². The van der Waals surface area contributed by atoms with Gasteiger partial charge in [0.25, 0.3) is 0 Å². The number of hydrogen-bond acceptors (Lipinski definition) is 3. The first kappa shape index (κ1) is 8.93. The molecule has 0 aliphatic heterocycles. The van der Waals surface area contributed by atoms with Crippen molar-refractivity contribution in [3.8, 4) is 0 Å². The Labute approximate surface area is 82.1 Å². The molecule has 0 fully saturated rings. The predicted octanol–water partition coefficient (Wildman–Crippen LogP) is 2.07. The lowest BCUT2D eigenvalue weighted by Crippen LogP contribution is -2.11. The second-order valence-corrected chi connectivity index (χ2v) is 3.77. The van der Waals surface area contributed by atoms with Crippen molar-refractivity contribution in [2.24, 2.45) is 0 Å². The molecule has 0 radical (unpaired) electrons. The molecule has 0 bridgehead atoms. The fourth-order valence-corrected chi connectivity index (χ4v) is 1.44. The Morgan fingerprint density at radius 1 is 1.36 bits per heavy atom. The maximum atomic E-state index is 4.21. The van der Waals surface area contributed by atoms with Gasteiger partial charge in [-0.3, -0.25) is 0 Å². The van der Waals surface area contributed by atoms with E-state index in [0.717, 1.165) is 15.0 Å². The molecule has 1 aromatic heterocycles. The van der Waals surface area contributed by atoms with Gasteiger partial charge in [0, 0.05) is 14.1 Å². The summed E-state index contributed by atoms with van der Waals surface area (Å²) in [6.45, 7) is 0. The first-order valence-electron chi connectivity index (χ1n) is 2.96. The van der Waals surface area contributed by atoms with E-state index in [0.29, 0.717) is 0 Å². The van der Waals surface area contributed by atoms with Gasteiger partial charge in [0.2, 0.25) is 0 Å². The van der Waals surface area contributed by atoms with Gasteiger partial charge in [-0.2, -0.15) is 0 Å². The minimum Gasteiger partial charge on any atom is -0.360 e. The highest BCUT2D eigenvalue weighted by Crippen LogP contribution is 2.20. The molecule has 0 aliphatic carbocycles. The fourth-order valence-electron chi connectivity index (χ4n) is 0.628. The lowest BCUT2D eigenvalue weighted by atomic mass is 10.6. The Balaban J connectivity index is 3.13. The van der Waals surface area contributed by atoms with Gasteiger partial charge < -0.3 is 4.90 Å². The maximum Gasteiger partial charge on any atom is 0.162 e. The van der Waals surface area contributed by atoms with Crippen LogP contribution < -0.4 is 4.90 Å². The molecule has 0 aromatic carbocycles. The molecule has 0 amide bonds. The zero-order valence-electron chi connectivity index (χ0n) is 6.17. The molecule has 11 heavy (non-hydrogen) atoms. The van der Waals surface area contributed by atoms with Gasteiger partial charge in [0.05, 0.1) is 6.20 Å². The van der Waals surface area contributed by atoms with Crippen LogP contribution in [0, 0.1) is 0 Å². The van der Waals surface area contributed by atoms with Crippen molar-refractivity contribution in [1.29, 1.82) is 0 Å². The Bertz CT molecular complexity index is 262. The summed E-state index contributed by atoms with van der Waals surface area (Å²) < 4.78 is 1.50. The van der Waals surface area contributed by atoms with E-state index in [1.807, 2.05) is 19.0 Å². The minimum absolute atomic E-state index is 0.740. The summed E-state index contributed by atoms with van der Waals surface area (Å²) in [4.78, 5) is 10.2. The molecule has 5 heteroatoms. The summed E-state index contributed by atoms with van der Waals surface area (Å²) in [7, 11) is 3.84. The lowest BCUT2D eigenvalue weighted by Gasteiger charge is -2.11. The molecular weight excluding hydrogens is 274 g/mol. The van der Waals surface area contributed by atoms with Crippen molar-refractivity contribution in [2.45, 2.75) is 0 Å². The van der Waals surface area contributed by atoms with Crippen LogP contribution in [-0.4, -0.2) is 24.1 Å². The molecule has 0 unspecified atom stereocenters. The van der Waals surface area contributed by atoms with Gasteiger partial charge in [-0.25, -0.2) is 9.97 Å². The monoisotopic (exact) mass is 279 g/mol. The zero-order chi connectivity index (χ0) is 8.43. The third-order valence-corrected chi connectivity index (χ3v) is 2.05. The van der Waals surface area contributed by atoms with Crippen molar-refractivity contribution in [3.63, 3.8) is 0 Å². The third kappa shape index (κ3) is 2.13. The van der Waals surface area contributed by atoms with Crippen molar-refractivity contribution in [2.75, 3.05) is 19.0 Å². The van der Waals surface area contributed by atoms with E-state index in [1.165, 1.54) is 0 Å². The Morgan fingerprint density at radius 2 is 2.00 bits per heavy atom. The molecule has 1 heterocycles. The van der Waals surface area contributed by atoms with Gasteiger partial charge in [0.15, 0.2) is 5.82 Å². The molecule has 0 saturated heterocycles. The summed E-state index contributed by atoms with van der Waals surface area (Å²) in [6.07, 6.45) is 1.65. The van der Waals surface area contributed by atoms with Crippen molar-refractivity contribution in [1.82, 2.24) is 9.97 Å². The van der Waals surface area contributed by atoms with Crippen LogP contribution in [0.25, 0.3) is 0 Å². The fraction of sp³-hybridized carbons (Fsp3) is 0.333. The van der Waals surface area contributed by atoms with Crippen LogP contribution in [0.3, 0.4) is 0 Å². The van der Waals surface area contributed by atoms with Crippen LogP contribution in [0.4, 0.5) is 5.82 Å². The topological polar surface area (TPSA) is 29.0 Å². The number of hydrogen-bond donors (Lipinski definition) is 0. The standard InChI is InChI=1S/C6H7Br2N3/c1-11(2)6-5(8)9-3-4(7)10-6/h3H,1-2H3. The first-order valence-corrected chi connectivity index (χ1v) is 4.55. The SMILES string of the molecule is CN(C)c1nc(Br)cnc1Br. The number of rotatable bonds is 1. The van der Waals surface area contributed by atoms with Crippen LogP contribution in [0.15, 0.2) is 15.4 Å². The first-order chi connectivity index (χ1) is 5.11. The highest BCUT2D eigenvalue weighted by atomic mass is 79.9. The summed E-state index contributed by atoms with van der Waals surface area (Å²) in [6, 6.07) is 0. The van der Waals surface area contributed by atoms with E-state index in [9.17, 15) is 0 Å². The summed E-state index contributed by atoms with van der Waals surface area (Å²) in [5.41, 5.74) is 0. The van der Waals surface area contributed by atoms with Gasteiger partial charge in [-0.15, -0.1) is 0 Å². The van der Waals surface area contributed by atoms with Gasteiger partial charge >= 0.3 is 0 Å². The largest absolute Gasteiger partial charge is 0.360 e. The Kier molecular flexibility index (Phi) is 2.84. The number of anilines is 1. The number of halogens is 2. The van der Waals surface area contributed by atoms with Crippen LogP contribution in [0.5, 0.6) is 0 Å². The molecule has 60 valence electrons. The van der Waals surface area contributed by atoms with Crippen LogP contribution in [0.1, 0.15) is 0 Å². The summed E-state index contributed by atoms with van der Waals surface area (Å²) in [5, 5.41) is 0. The minimum atomic E-state index is 0.740. The molecule has 0 spiro atoms. The Hall–Kier alpha value is -0.160.